The van der Waals surface area contributed by atoms with Gasteiger partial charge in [0.05, 0.1) is 17.7 Å². The molecule has 0 saturated heterocycles. The molecule has 0 unspecified atom stereocenters. The van der Waals surface area contributed by atoms with Crippen molar-refractivity contribution in [3.63, 3.8) is 0 Å². The largest absolute Gasteiger partial charge is 0.480 e. The van der Waals surface area contributed by atoms with E-state index in [-0.39, 0.29) is 23.0 Å². The maximum Gasteiger partial charge on any atom is 0.323 e. The predicted octanol–water partition coefficient (Wildman–Crippen LogP) is 1.69. The van der Waals surface area contributed by atoms with Crippen LogP contribution in [0.1, 0.15) is 30.0 Å². The average molecular weight is 380 g/mol. The summed E-state index contributed by atoms with van der Waals surface area (Å²) in [5, 5.41) is 8.93. The molecular formula is C17H20N2O6S. The Morgan fingerprint density at radius 1 is 1.19 bits per heavy atom. The highest BCUT2D eigenvalue weighted by atomic mass is 32.2. The predicted molar refractivity (Wildman–Crippen MR) is 93.0 cm³/mol. The lowest BCUT2D eigenvalue weighted by molar-refractivity contribution is -0.138. The van der Waals surface area contributed by atoms with Crippen molar-refractivity contribution >= 4 is 21.9 Å². The molecule has 1 aromatic carbocycles. The van der Waals surface area contributed by atoms with E-state index in [0.29, 0.717) is 5.76 Å². The van der Waals surface area contributed by atoms with E-state index in [1.165, 1.54) is 35.4 Å². The molecule has 1 amide bonds. The van der Waals surface area contributed by atoms with Crippen LogP contribution in [0.25, 0.3) is 0 Å². The number of hydrogen-bond donors (Lipinski definition) is 2. The van der Waals surface area contributed by atoms with Crippen LogP contribution in [0.4, 0.5) is 0 Å². The van der Waals surface area contributed by atoms with Crippen molar-refractivity contribution in [2.75, 3.05) is 6.54 Å². The van der Waals surface area contributed by atoms with Crippen molar-refractivity contribution in [2.45, 2.75) is 31.3 Å². The van der Waals surface area contributed by atoms with Crippen LogP contribution in [-0.2, 0) is 21.4 Å². The van der Waals surface area contributed by atoms with E-state index in [1.54, 1.807) is 26.0 Å². The number of nitrogens with one attached hydrogen (secondary N) is 1. The van der Waals surface area contributed by atoms with Crippen molar-refractivity contribution in [1.82, 2.24) is 9.62 Å². The van der Waals surface area contributed by atoms with Crippen LogP contribution >= 0.6 is 0 Å². The minimum Gasteiger partial charge on any atom is -0.480 e. The first-order valence-electron chi connectivity index (χ1n) is 7.85. The van der Waals surface area contributed by atoms with Gasteiger partial charge >= 0.3 is 5.97 Å². The first-order valence-corrected chi connectivity index (χ1v) is 9.34. The third-order valence-corrected chi connectivity index (χ3v) is 5.04. The molecule has 140 valence electrons. The monoisotopic (exact) mass is 380 g/mol. The van der Waals surface area contributed by atoms with Crippen molar-refractivity contribution in [2.24, 2.45) is 0 Å². The quantitative estimate of drug-likeness (QED) is 0.720. The highest BCUT2D eigenvalue weighted by Crippen LogP contribution is 2.14. The molecule has 0 atom stereocenters. The Hall–Kier alpha value is -2.65. The maximum absolute atomic E-state index is 12.4. The summed E-state index contributed by atoms with van der Waals surface area (Å²) < 4.78 is 32.0. The standard InChI is InChI=1S/C17H20N2O6S/c1-12(2)19(11-16(20)21)17(22)13-5-7-15(8-6-13)26(23,24)18-10-14-4-3-9-25-14/h3-9,12,18H,10-11H2,1-2H3,(H,20,21). The molecule has 0 aliphatic heterocycles. The molecule has 0 spiro atoms. The number of nitrogens with zero attached hydrogens (tertiary/aromatic N) is 1. The summed E-state index contributed by atoms with van der Waals surface area (Å²) in [4.78, 5) is 24.6. The lowest BCUT2D eigenvalue weighted by atomic mass is 10.1. The summed E-state index contributed by atoms with van der Waals surface area (Å²) in [5.41, 5.74) is 0.213. The van der Waals surface area contributed by atoms with E-state index in [2.05, 4.69) is 4.72 Å². The second-order valence-corrected chi connectivity index (χ2v) is 7.62. The Kier molecular flexibility index (Phi) is 6.17. The second-order valence-electron chi connectivity index (χ2n) is 5.85. The molecule has 2 N–H and O–H groups in total. The smallest absolute Gasteiger partial charge is 0.323 e. The number of rotatable bonds is 8. The minimum atomic E-state index is -3.76. The third kappa shape index (κ3) is 4.93. The average Bonchev–Trinajstić information content (AvgIpc) is 3.11. The van der Waals surface area contributed by atoms with Crippen LogP contribution in [0.5, 0.6) is 0 Å². The van der Waals surface area contributed by atoms with Gasteiger partial charge in [0.25, 0.3) is 5.91 Å². The molecule has 0 saturated carbocycles. The van der Waals surface area contributed by atoms with Crippen molar-refractivity contribution in [3.8, 4) is 0 Å². The number of carboxylic acids is 1. The molecule has 1 heterocycles. The fraction of sp³-hybridized carbons (Fsp3) is 0.294. The molecule has 2 rings (SSSR count). The van der Waals surface area contributed by atoms with Crippen molar-refractivity contribution in [1.29, 1.82) is 0 Å². The number of carboxylic acid groups (broad SMARTS) is 1. The van der Waals surface area contributed by atoms with Crippen LogP contribution in [0.15, 0.2) is 52.0 Å². The summed E-state index contributed by atoms with van der Waals surface area (Å²) in [6.45, 7) is 2.99. The number of carbonyl (C=O) groups is 2. The lowest BCUT2D eigenvalue weighted by Gasteiger charge is -2.25. The van der Waals surface area contributed by atoms with Gasteiger partial charge < -0.3 is 14.4 Å². The molecule has 0 fully saturated rings. The third-order valence-electron chi connectivity index (χ3n) is 3.62. The number of furan rings is 1. The van der Waals surface area contributed by atoms with Crippen LogP contribution in [0.3, 0.4) is 0 Å². The van der Waals surface area contributed by atoms with Gasteiger partial charge in [0.1, 0.15) is 12.3 Å². The number of benzene rings is 1. The molecule has 0 bridgehead atoms. The Morgan fingerprint density at radius 3 is 2.35 bits per heavy atom. The molecule has 26 heavy (non-hydrogen) atoms. The highest BCUT2D eigenvalue weighted by Gasteiger charge is 2.22. The zero-order valence-corrected chi connectivity index (χ0v) is 15.2. The van der Waals surface area contributed by atoms with E-state index >= 15 is 0 Å². The highest BCUT2D eigenvalue weighted by molar-refractivity contribution is 7.89. The van der Waals surface area contributed by atoms with Crippen molar-refractivity contribution in [3.05, 3.63) is 54.0 Å². The van der Waals surface area contributed by atoms with Gasteiger partial charge in [-0.2, -0.15) is 0 Å². The summed E-state index contributed by atoms with van der Waals surface area (Å²) >= 11 is 0. The Labute approximate surface area is 151 Å². The number of aliphatic carboxylic acids is 1. The summed E-state index contributed by atoms with van der Waals surface area (Å²) in [6.07, 6.45) is 1.45. The fourth-order valence-corrected chi connectivity index (χ4v) is 3.23. The SMILES string of the molecule is CC(C)N(CC(=O)O)C(=O)c1ccc(S(=O)(=O)NCc2ccco2)cc1. The summed E-state index contributed by atoms with van der Waals surface area (Å²) in [5.74, 6) is -1.12. The van der Waals surface area contributed by atoms with Gasteiger partial charge in [-0.25, -0.2) is 13.1 Å². The zero-order valence-electron chi connectivity index (χ0n) is 14.4. The van der Waals surface area contributed by atoms with Gasteiger partial charge in [-0.05, 0) is 50.2 Å². The van der Waals surface area contributed by atoms with Gasteiger partial charge in [-0.1, -0.05) is 0 Å². The maximum atomic E-state index is 12.4. The minimum absolute atomic E-state index is 0.00469. The Morgan fingerprint density at radius 2 is 1.85 bits per heavy atom. The fourth-order valence-electron chi connectivity index (χ4n) is 2.24. The summed E-state index contributed by atoms with van der Waals surface area (Å²) in [6, 6.07) is 8.32. The van der Waals surface area contributed by atoms with E-state index in [4.69, 9.17) is 9.52 Å². The number of hydrogen-bond acceptors (Lipinski definition) is 5. The number of amides is 1. The topological polar surface area (TPSA) is 117 Å². The summed E-state index contributed by atoms with van der Waals surface area (Å²) in [7, 11) is -3.76. The Balaban J connectivity index is 2.13. The van der Waals surface area contributed by atoms with Gasteiger partial charge in [-0.15, -0.1) is 0 Å². The van der Waals surface area contributed by atoms with Gasteiger partial charge in [0.15, 0.2) is 0 Å². The van der Waals surface area contributed by atoms with E-state index in [9.17, 15) is 18.0 Å². The Bertz CT molecular complexity index is 857. The second kappa shape index (κ2) is 8.15. The molecule has 8 nitrogen and oxygen atoms in total. The first-order chi connectivity index (χ1) is 12.2. The van der Waals surface area contributed by atoms with Crippen molar-refractivity contribution < 1.29 is 27.5 Å². The molecule has 0 radical (unpaired) electrons. The van der Waals surface area contributed by atoms with Crippen LogP contribution in [0.2, 0.25) is 0 Å². The van der Waals surface area contributed by atoms with Crippen LogP contribution in [0, 0.1) is 0 Å². The van der Waals surface area contributed by atoms with Gasteiger partial charge in [0, 0.05) is 11.6 Å². The molecule has 9 heteroatoms. The molecule has 0 aliphatic carbocycles. The van der Waals surface area contributed by atoms with Gasteiger partial charge in [-0.3, -0.25) is 9.59 Å². The van der Waals surface area contributed by atoms with E-state index < -0.39 is 28.4 Å². The van der Waals surface area contributed by atoms with Crippen LogP contribution in [-0.4, -0.2) is 42.9 Å². The van der Waals surface area contributed by atoms with E-state index in [0.717, 1.165) is 0 Å². The number of sulfonamides is 1. The zero-order chi connectivity index (χ0) is 19.3. The van der Waals surface area contributed by atoms with E-state index in [1.807, 2.05) is 0 Å². The first kappa shape index (κ1) is 19.7. The molecule has 2 aromatic rings. The molecule has 1 aromatic heterocycles. The van der Waals surface area contributed by atoms with Gasteiger partial charge in [0.2, 0.25) is 10.0 Å². The number of carbonyl (C=O) groups excluding carboxylic acids is 1. The molecule has 0 aliphatic rings. The normalized spacial score (nSPS) is 11.5. The molecular weight excluding hydrogens is 360 g/mol. The lowest BCUT2D eigenvalue weighted by Crippen LogP contribution is -2.40. The van der Waals surface area contributed by atoms with Crippen LogP contribution < -0.4 is 4.72 Å².